The van der Waals surface area contributed by atoms with Gasteiger partial charge in [0.2, 0.25) is 0 Å². The van der Waals surface area contributed by atoms with Crippen LogP contribution in [0.1, 0.15) is 74.7 Å². The average Bonchev–Trinajstić information content (AvgIpc) is 3.29. The summed E-state index contributed by atoms with van der Waals surface area (Å²) >= 11 is 0. The smallest absolute Gasteiger partial charge is 0.339 e. The van der Waals surface area contributed by atoms with E-state index in [0.29, 0.717) is 5.56 Å². The van der Waals surface area contributed by atoms with Crippen LogP contribution in [0.15, 0.2) is 72.8 Å². The van der Waals surface area contributed by atoms with Crippen LogP contribution in [0.4, 0.5) is 17.1 Å². The zero-order valence-corrected chi connectivity index (χ0v) is 24.4. The second-order valence-corrected chi connectivity index (χ2v) is 9.79. The maximum absolute atomic E-state index is 13.0. The monoisotopic (exact) mass is 525 g/mol. The number of cyclic esters (lactones) is 1. The molecule has 1 atom stereocenters. The number of anilines is 3. The van der Waals surface area contributed by atoms with Gasteiger partial charge in [-0.3, -0.25) is 0 Å². The van der Waals surface area contributed by atoms with Crippen LogP contribution in [-0.2, 0) is 4.74 Å². The molecule has 1 aliphatic rings. The van der Waals surface area contributed by atoms with E-state index < -0.39 is 6.10 Å². The fourth-order valence-electron chi connectivity index (χ4n) is 5.51. The van der Waals surface area contributed by atoms with Crippen LogP contribution in [0, 0.1) is 0 Å². The minimum Gasteiger partial charge on any atom is -0.450 e. The molecule has 3 aromatic rings. The predicted molar refractivity (Wildman–Crippen MR) is 165 cm³/mol. The maximum Gasteiger partial charge on any atom is 0.339 e. The zero-order valence-electron chi connectivity index (χ0n) is 24.4. The van der Waals surface area contributed by atoms with Crippen LogP contribution in [-0.4, -0.2) is 45.2 Å². The largest absolute Gasteiger partial charge is 0.450 e. The predicted octanol–water partition coefficient (Wildman–Crippen LogP) is 7.57. The normalized spacial score (nSPS) is 14.0. The van der Waals surface area contributed by atoms with E-state index >= 15 is 0 Å². The molecular weight excluding hydrogens is 482 g/mol. The Morgan fingerprint density at radius 2 is 1.05 bits per heavy atom. The number of carbonyl (C=O) groups excluding carboxylic acids is 1. The van der Waals surface area contributed by atoms with Gasteiger partial charge in [0.15, 0.2) is 0 Å². The third-order valence-corrected chi connectivity index (χ3v) is 7.86. The van der Waals surface area contributed by atoms with Crippen molar-refractivity contribution in [2.45, 2.75) is 47.6 Å². The lowest BCUT2D eigenvalue weighted by Gasteiger charge is -2.22. The van der Waals surface area contributed by atoms with Crippen LogP contribution >= 0.6 is 0 Å². The van der Waals surface area contributed by atoms with Crippen LogP contribution < -0.4 is 14.7 Å². The Morgan fingerprint density at radius 3 is 1.49 bits per heavy atom. The second kappa shape index (κ2) is 12.9. The van der Waals surface area contributed by atoms with E-state index in [2.05, 4.69) is 123 Å². The SMILES string of the molecule is CCN(CC)c1ccc(C(=CC2OC(=O)c3cc(N(CC)CC)ccc32)c2ccc(N(CC)CC)cc2)cc1. The topological polar surface area (TPSA) is 36.0 Å². The molecule has 0 aromatic heterocycles. The van der Waals surface area contributed by atoms with E-state index in [1.54, 1.807) is 0 Å². The number of fused-ring (bicyclic) bond motifs is 1. The highest BCUT2D eigenvalue weighted by Crippen LogP contribution is 2.38. The van der Waals surface area contributed by atoms with Gasteiger partial charge in [-0.15, -0.1) is 0 Å². The van der Waals surface area contributed by atoms with E-state index in [-0.39, 0.29) is 5.97 Å². The fourth-order valence-corrected chi connectivity index (χ4v) is 5.51. The molecule has 5 nitrogen and oxygen atoms in total. The number of esters is 1. The lowest BCUT2D eigenvalue weighted by molar-refractivity contribution is 0.0468. The number of hydrogen-bond acceptors (Lipinski definition) is 5. The summed E-state index contributed by atoms with van der Waals surface area (Å²) in [6, 6.07) is 23.6. The van der Waals surface area contributed by atoms with Gasteiger partial charge in [0.25, 0.3) is 0 Å². The van der Waals surface area contributed by atoms with Crippen LogP contribution in [0.25, 0.3) is 5.57 Å². The molecule has 0 bridgehead atoms. The van der Waals surface area contributed by atoms with Crippen molar-refractivity contribution in [3.8, 4) is 0 Å². The summed E-state index contributed by atoms with van der Waals surface area (Å²) in [6.07, 6.45) is 1.68. The molecular formula is C34H43N3O2. The van der Waals surface area contributed by atoms with Gasteiger partial charge in [-0.1, -0.05) is 30.3 Å². The molecule has 4 rings (SSSR count). The summed E-state index contributed by atoms with van der Waals surface area (Å²) in [4.78, 5) is 19.9. The number of benzene rings is 3. The molecule has 0 N–H and O–H groups in total. The Hall–Kier alpha value is -3.73. The molecule has 0 spiro atoms. The summed E-state index contributed by atoms with van der Waals surface area (Å²) in [5.74, 6) is -0.256. The van der Waals surface area contributed by atoms with E-state index in [0.717, 1.165) is 67.2 Å². The van der Waals surface area contributed by atoms with Gasteiger partial charge >= 0.3 is 5.97 Å². The van der Waals surface area contributed by atoms with E-state index in [9.17, 15) is 4.79 Å². The van der Waals surface area contributed by atoms with Gasteiger partial charge in [0.05, 0.1) is 5.56 Å². The molecule has 1 aliphatic heterocycles. The Kier molecular flexibility index (Phi) is 9.34. The van der Waals surface area contributed by atoms with Crippen molar-refractivity contribution >= 4 is 28.6 Å². The third-order valence-electron chi connectivity index (χ3n) is 7.86. The summed E-state index contributed by atoms with van der Waals surface area (Å²) in [5, 5.41) is 0. The molecule has 39 heavy (non-hydrogen) atoms. The Balaban J connectivity index is 1.76. The second-order valence-electron chi connectivity index (χ2n) is 9.79. The van der Waals surface area contributed by atoms with Crippen LogP contribution in [0.2, 0.25) is 0 Å². The van der Waals surface area contributed by atoms with Crippen molar-refractivity contribution in [2.75, 3.05) is 54.0 Å². The number of carbonyl (C=O) groups is 1. The maximum atomic E-state index is 13.0. The van der Waals surface area contributed by atoms with Gasteiger partial charge in [-0.2, -0.15) is 0 Å². The Bertz CT molecular complexity index is 1210. The molecule has 1 unspecified atom stereocenters. The zero-order chi connectivity index (χ0) is 27.9. The molecule has 0 fully saturated rings. The quantitative estimate of drug-likeness (QED) is 0.228. The molecule has 3 aromatic carbocycles. The Morgan fingerprint density at radius 1 is 0.641 bits per heavy atom. The molecule has 1 heterocycles. The highest BCUT2D eigenvalue weighted by Gasteiger charge is 2.31. The molecule has 0 radical (unpaired) electrons. The molecule has 0 amide bonds. The first kappa shape index (κ1) is 28.3. The summed E-state index contributed by atoms with van der Waals surface area (Å²) in [7, 11) is 0. The fraction of sp³-hybridized carbons (Fsp3) is 0.382. The molecule has 5 heteroatoms. The number of ether oxygens (including phenoxy) is 1. The van der Waals surface area contributed by atoms with E-state index in [4.69, 9.17) is 4.74 Å². The van der Waals surface area contributed by atoms with Crippen LogP contribution in [0.5, 0.6) is 0 Å². The van der Waals surface area contributed by atoms with Crippen molar-refractivity contribution in [3.05, 3.63) is 95.1 Å². The Labute approximate surface area is 234 Å². The summed E-state index contributed by atoms with van der Waals surface area (Å²) in [5.41, 5.74) is 8.33. The number of hydrogen-bond donors (Lipinski definition) is 0. The van der Waals surface area contributed by atoms with E-state index in [1.165, 1.54) is 11.4 Å². The molecule has 0 saturated carbocycles. The highest BCUT2D eigenvalue weighted by molar-refractivity contribution is 5.96. The minimum atomic E-state index is -0.432. The average molecular weight is 526 g/mol. The third kappa shape index (κ3) is 5.98. The van der Waals surface area contributed by atoms with Crippen LogP contribution in [0.3, 0.4) is 0 Å². The first-order chi connectivity index (χ1) is 19.0. The van der Waals surface area contributed by atoms with Gasteiger partial charge < -0.3 is 19.4 Å². The van der Waals surface area contributed by atoms with Gasteiger partial charge in [0.1, 0.15) is 6.10 Å². The van der Waals surface area contributed by atoms with Gasteiger partial charge in [-0.05, 0) is 101 Å². The number of nitrogens with zero attached hydrogens (tertiary/aromatic N) is 3. The van der Waals surface area contributed by atoms with E-state index in [1.807, 2.05) is 6.07 Å². The summed E-state index contributed by atoms with van der Waals surface area (Å²) < 4.78 is 5.95. The lowest BCUT2D eigenvalue weighted by Crippen LogP contribution is -2.22. The standard InChI is InChI=1S/C34H43N3O2/c1-7-35(8-2)27-17-13-25(14-18-27)31(26-15-19-28(20-16-26)36(9-3)10-4)24-33-30-22-21-29(37(11-5)12-6)23-32(30)34(38)39-33/h13-24,33H,7-12H2,1-6H3. The molecule has 0 aliphatic carbocycles. The van der Waals surface area contributed by atoms with Crippen molar-refractivity contribution < 1.29 is 9.53 Å². The van der Waals surface area contributed by atoms with Crippen molar-refractivity contribution in [1.29, 1.82) is 0 Å². The summed E-state index contributed by atoms with van der Waals surface area (Å²) in [6.45, 7) is 18.6. The van der Waals surface area contributed by atoms with Crippen molar-refractivity contribution in [2.24, 2.45) is 0 Å². The van der Waals surface area contributed by atoms with Gasteiger partial charge in [0, 0.05) is 61.9 Å². The first-order valence-corrected chi connectivity index (χ1v) is 14.5. The first-order valence-electron chi connectivity index (χ1n) is 14.5. The lowest BCUT2D eigenvalue weighted by atomic mass is 9.93. The van der Waals surface area contributed by atoms with Crippen molar-refractivity contribution in [3.63, 3.8) is 0 Å². The van der Waals surface area contributed by atoms with Gasteiger partial charge in [-0.25, -0.2) is 4.79 Å². The number of rotatable bonds is 12. The highest BCUT2D eigenvalue weighted by atomic mass is 16.5. The molecule has 0 saturated heterocycles. The van der Waals surface area contributed by atoms with Crippen molar-refractivity contribution in [1.82, 2.24) is 0 Å². The minimum absolute atomic E-state index is 0.256. The molecule has 206 valence electrons.